The number of hydrogen-bond donors (Lipinski definition) is 3. The molecule has 12 nitrogen and oxygen atoms in total. The average molecular weight is 570 g/mol. The second-order valence-electron chi connectivity index (χ2n) is 8.63. The van der Waals surface area contributed by atoms with Gasteiger partial charge in [0.05, 0.1) is 28.3 Å². The van der Waals surface area contributed by atoms with Crippen molar-refractivity contribution < 1.29 is 38.7 Å². The Bertz CT molecular complexity index is 1690. The molecule has 0 aliphatic carbocycles. The molecule has 42 heavy (non-hydrogen) atoms. The Morgan fingerprint density at radius 2 is 1.52 bits per heavy atom. The van der Waals surface area contributed by atoms with E-state index in [-0.39, 0.29) is 51.9 Å². The van der Waals surface area contributed by atoms with Crippen LogP contribution in [0.15, 0.2) is 91.0 Å². The Labute approximate surface area is 238 Å². The molecule has 12 heteroatoms. The van der Waals surface area contributed by atoms with Crippen LogP contribution in [-0.2, 0) is 4.74 Å². The van der Waals surface area contributed by atoms with Crippen molar-refractivity contribution in [1.29, 1.82) is 0 Å². The number of nitro groups is 1. The normalized spacial score (nSPS) is 10.3. The predicted octanol–water partition coefficient (Wildman–Crippen LogP) is 5.77. The van der Waals surface area contributed by atoms with E-state index in [1.165, 1.54) is 48.5 Å². The number of carbonyl (C=O) groups excluding carboxylic acids is 3. The molecule has 2 amide bonds. The number of hydrogen-bond acceptors (Lipinski definition) is 8. The summed E-state index contributed by atoms with van der Waals surface area (Å²) in [5.74, 6) is -3.26. The van der Waals surface area contributed by atoms with Gasteiger partial charge in [-0.15, -0.1) is 0 Å². The number of non-ortho nitro benzene ring substituents is 1. The minimum Gasteiger partial charge on any atom is -0.478 e. The van der Waals surface area contributed by atoms with Gasteiger partial charge in [0.2, 0.25) is 0 Å². The number of rotatable bonds is 10. The highest BCUT2D eigenvalue weighted by atomic mass is 16.6. The third-order valence-electron chi connectivity index (χ3n) is 5.79. The van der Waals surface area contributed by atoms with Crippen LogP contribution >= 0.6 is 0 Å². The first-order valence-corrected chi connectivity index (χ1v) is 12.4. The summed E-state index contributed by atoms with van der Waals surface area (Å²) in [7, 11) is 0. The summed E-state index contributed by atoms with van der Waals surface area (Å²) in [4.78, 5) is 60.3. The molecule has 0 spiro atoms. The number of carboxylic acids is 1. The topological polar surface area (TPSA) is 174 Å². The smallest absolute Gasteiger partial charge is 0.339 e. The Morgan fingerprint density at radius 1 is 0.810 bits per heavy atom. The Balaban J connectivity index is 1.69. The highest BCUT2D eigenvalue weighted by molar-refractivity contribution is 6.07. The monoisotopic (exact) mass is 569 g/mol. The number of nitrogens with zero attached hydrogens (tertiary/aromatic N) is 1. The lowest BCUT2D eigenvalue weighted by Crippen LogP contribution is -2.15. The van der Waals surface area contributed by atoms with Gasteiger partial charge in [0.1, 0.15) is 5.75 Å². The van der Waals surface area contributed by atoms with Crippen molar-refractivity contribution in [1.82, 2.24) is 0 Å². The maximum absolute atomic E-state index is 13.1. The number of anilines is 2. The fourth-order valence-electron chi connectivity index (χ4n) is 3.82. The minimum atomic E-state index is -1.39. The third kappa shape index (κ3) is 6.93. The molecule has 4 aromatic rings. The van der Waals surface area contributed by atoms with Gasteiger partial charge < -0.3 is 25.2 Å². The van der Waals surface area contributed by atoms with Crippen molar-refractivity contribution in [3.8, 4) is 11.5 Å². The maximum atomic E-state index is 13.1. The van der Waals surface area contributed by atoms with E-state index in [9.17, 15) is 34.4 Å². The maximum Gasteiger partial charge on any atom is 0.339 e. The molecule has 212 valence electrons. The van der Waals surface area contributed by atoms with Crippen LogP contribution < -0.4 is 15.4 Å². The van der Waals surface area contributed by atoms with E-state index >= 15 is 0 Å². The molecule has 0 aliphatic heterocycles. The SMILES string of the molecule is CCOC(=O)c1ccc(Oc2ccc(NC(=O)c3ccccc3)cc2NC(=O)c2cccc([N+](=O)[O-])c2)cc1C(=O)O. The second kappa shape index (κ2) is 12.9. The molecule has 3 N–H and O–H groups in total. The molecule has 0 atom stereocenters. The molecule has 0 unspecified atom stereocenters. The molecule has 0 bridgehead atoms. The lowest BCUT2D eigenvalue weighted by atomic mass is 10.1. The van der Waals surface area contributed by atoms with Crippen molar-refractivity contribution in [3.63, 3.8) is 0 Å². The van der Waals surface area contributed by atoms with Crippen molar-refractivity contribution in [2.75, 3.05) is 17.2 Å². The van der Waals surface area contributed by atoms with Gasteiger partial charge in [-0.2, -0.15) is 0 Å². The van der Waals surface area contributed by atoms with Gasteiger partial charge in [0.15, 0.2) is 5.75 Å². The molecule has 4 aromatic carbocycles. The van der Waals surface area contributed by atoms with Gasteiger partial charge >= 0.3 is 11.9 Å². The number of aromatic carboxylic acids is 1. The first-order chi connectivity index (χ1) is 20.2. The Kier molecular flexibility index (Phi) is 8.88. The largest absolute Gasteiger partial charge is 0.478 e. The molecule has 4 rings (SSSR count). The van der Waals surface area contributed by atoms with Crippen LogP contribution in [0.25, 0.3) is 0 Å². The van der Waals surface area contributed by atoms with Crippen LogP contribution in [0.4, 0.5) is 17.1 Å². The summed E-state index contributed by atoms with van der Waals surface area (Å²) in [6, 6.07) is 21.6. The summed E-state index contributed by atoms with van der Waals surface area (Å²) in [6.07, 6.45) is 0. The van der Waals surface area contributed by atoms with E-state index < -0.39 is 28.7 Å². The number of carboxylic acid groups (broad SMARTS) is 1. The summed E-state index contributed by atoms with van der Waals surface area (Å²) >= 11 is 0. The van der Waals surface area contributed by atoms with E-state index in [2.05, 4.69) is 10.6 Å². The molecule has 0 radical (unpaired) electrons. The first-order valence-electron chi connectivity index (χ1n) is 12.4. The van der Waals surface area contributed by atoms with Crippen molar-refractivity contribution in [2.45, 2.75) is 6.92 Å². The van der Waals surface area contributed by atoms with Crippen molar-refractivity contribution in [2.24, 2.45) is 0 Å². The highest BCUT2D eigenvalue weighted by Gasteiger charge is 2.20. The van der Waals surface area contributed by atoms with E-state index in [0.717, 1.165) is 12.1 Å². The Morgan fingerprint density at radius 3 is 2.21 bits per heavy atom. The summed E-state index contributed by atoms with van der Waals surface area (Å²) in [5, 5.41) is 26.2. The molecular weight excluding hydrogens is 546 g/mol. The Hall–Kier alpha value is -6.04. The van der Waals surface area contributed by atoms with Crippen LogP contribution in [0.1, 0.15) is 48.4 Å². The van der Waals surface area contributed by atoms with Gasteiger partial charge in [0.25, 0.3) is 17.5 Å². The first kappa shape index (κ1) is 29.0. The molecular formula is C30H23N3O9. The summed E-state index contributed by atoms with van der Waals surface area (Å²) in [6.45, 7) is 1.64. The molecule has 0 saturated heterocycles. The van der Waals surface area contributed by atoms with Crippen LogP contribution in [0.5, 0.6) is 11.5 Å². The highest BCUT2D eigenvalue weighted by Crippen LogP contribution is 2.34. The zero-order valence-corrected chi connectivity index (χ0v) is 22.0. The number of nitro benzene ring substituents is 1. The number of benzene rings is 4. The fraction of sp³-hybridized carbons (Fsp3) is 0.0667. The number of nitrogens with one attached hydrogen (secondary N) is 2. The molecule has 0 aliphatic rings. The lowest BCUT2D eigenvalue weighted by Gasteiger charge is -2.15. The predicted molar refractivity (Wildman–Crippen MR) is 151 cm³/mol. The van der Waals surface area contributed by atoms with Crippen LogP contribution in [-0.4, -0.2) is 40.4 Å². The average Bonchev–Trinajstić information content (AvgIpc) is 2.99. The number of esters is 1. The molecule has 0 saturated carbocycles. The summed E-state index contributed by atoms with van der Waals surface area (Å²) in [5.41, 5.74) is -0.0949. The second-order valence-corrected chi connectivity index (χ2v) is 8.63. The molecule has 0 heterocycles. The van der Waals surface area contributed by atoms with E-state index in [1.807, 2.05) is 0 Å². The van der Waals surface area contributed by atoms with Crippen molar-refractivity contribution >= 4 is 40.8 Å². The number of amides is 2. The van der Waals surface area contributed by atoms with Gasteiger partial charge in [0, 0.05) is 28.9 Å². The van der Waals surface area contributed by atoms with Crippen LogP contribution in [0.2, 0.25) is 0 Å². The van der Waals surface area contributed by atoms with Gasteiger partial charge in [-0.1, -0.05) is 24.3 Å². The van der Waals surface area contributed by atoms with E-state index in [1.54, 1.807) is 37.3 Å². The molecule has 0 fully saturated rings. The van der Waals surface area contributed by atoms with Crippen molar-refractivity contribution in [3.05, 3.63) is 123 Å². The van der Waals surface area contributed by atoms with Gasteiger partial charge in [-0.3, -0.25) is 19.7 Å². The third-order valence-corrected chi connectivity index (χ3v) is 5.79. The van der Waals surface area contributed by atoms with Gasteiger partial charge in [-0.25, -0.2) is 9.59 Å². The number of carbonyl (C=O) groups is 4. The van der Waals surface area contributed by atoms with E-state index in [0.29, 0.717) is 5.56 Å². The number of ether oxygens (including phenoxy) is 2. The lowest BCUT2D eigenvalue weighted by molar-refractivity contribution is -0.384. The zero-order valence-electron chi connectivity index (χ0n) is 22.0. The van der Waals surface area contributed by atoms with E-state index in [4.69, 9.17) is 9.47 Å². The minimum absolute atomic E-state index is 0.0131. The zero-order chi connectivity index (χ0) is 30.2. The summed E-state index contributed by atoms with van der Waals surface area (Å²) < 4.78 is 10.8. The standard InChI is InChI=1S/C30H23N3O9/c1-2-41-30(38)23-13-12-22(17-24(23)29(36)37)42-26-14-11-20(31-27(34)18-7-4-3-5-8-18)16-25(26)32-28(35)19-9-6-10-21(15-19)33(39)40/h3-17H,2H2,1H3,(H,31,34)(H,32,35)(H,36,37). The quantitative estimate of drug-likeness (QED) is 0.122. The van der Waals surface area contributed by atoms with Crippen LogP contribution in [0, 0.1) is 10.1 Å². The fourth-order valence-corrected chi connectivity index (χ4v) is 3.82. The molecule has 0 aromatic heterocycles. The van der Waals surface area contributed by atoms with Crippen LogP contribution in [0.3, 0.4) is 0 Å². The van der Waals surface area contributed by atoms with Gasteiger partial charge in [-0.05, 0) is 61.5 Å².